The van der Waals surface area contributed by atoms with E-state index in [0.29, 0.717) is 0 Å². The van der Waals surface area contributed by atoms with E-state index in [2.05, 4.69) is 24.1 Å². The van der Waals surface area contributed by atoms with Gasteiger partial charge in [-0.25, -0.2) is 0 Å². The van der Waals surface area contributed by atoms with E-state index in [0.717, 1.165) is 44.3 Å². The van der Waals surface area contributed by atoms with Crippen molar-refractivity contribution < 1.29 is 4.79 Å². The van der Waals surface area contributed by atoms with E-state index >= 15 is 0 Å². The zero-order valence-electron chi connectivity index (χ0n) is 12.8. The number of hydrogen-bond donors (Lipinski definition) is 1. The minimum absolute atomic E-state index is 0.258. The summed E-state index contributed by atoms with van der Waals surface area (Å²) in [5.41, 5.74) is -0.424. The van der Waals surface area contributed by atoms with Crippen LogP contribution >= 0.6 is 0 Å². The fourth-order valence-electron chi connectivity index (χ4n) is 2.90. The molecule has 0 aromatic carbocycles. The molecule has 1 aliphatic heterocycles. The maximum absolute atomic E-state index is 12.5. The summed E-state index contributed by atoms with van der Waals surface area (Å²) in [6, 6.07) is 0. The van der Waals surface area contributed by atoms with Crippen LogP contribution in [-0.4, -0.2) is 36.0 Å². The first kappa shape index (κ1) is 15.5. The molecule has 0 saturated carbocycles. The van der Waals surface area contributed by atoms with Gasteiger partial charge in [-0.2, -0.15) is 0 Å². The van der Waals surface area contributed by atoms with Gasteiger partial charge in [0.25, 0.3) is 0 Å². The smallest absolute Gasteiger partial charge is 0.242 e. The van der Waals surface area contributed by atoms with Crippen LogP contribution in [-0.2, 0) is 4.79 Å². The fraction of sp³-hybridized carbons (Fsp3) is 0.933. The first-order chi connectivity index (χ1) is 8.38. The van der Waals surface area contributed by atoms with Crippen molar-refractivity contribution in [1.29, 1.82) is 0 Å². The summed E-state index contributed by atoms with van der Waals surface area (Å²) < 4.78 is 0. The van der Waals surface area contributed by atoms with E-state index in [9.17, 15) is 4.79 Å². The van der Waals surface area contributed by atoms with Crippen LogP contribution in [0.3, 0.4) is 0 Å². The molecule has 0 aromatic rings. The number of likely N-dealkylation sites (tertiary alicyclic amines) is 1. The number of nitrogens with zero attached hydrogens (tertiary/aromatic N) is 1. The minimum atomic E-state index is -0.424. The van der Waals surface area contributed by atoms with Crippen molar-refractivity contribution in [2.75, 3.05) is 19.6 Å². The van der Waals surface area contributed by atoms with Crippen molar-refractivity contribution in [1.82, 2.24) is 10.2 Å². The van der Waals surface area contributed by atoms with Crippen molar-refractivity contribution in [3.63, 3.8) is 0 Å². The van der Waals surface area contributed by atoms with Crippen LogP contribution in [0.15, 0.2) is 0 Å². The Kier molecular flexibility index (Phi) is 5.64. The molecule has 1 saturated heterocycles. The van der Waals surface area contributed by atoms with Crippen LogP contribution in [0, 0.1) is 11.8 Å². The number of rotatable bonds is 4. The Bertz CT molecular complexity index is 274. The quantitative estimate of drug-likeness (QED) is 0.836. The molecule has 3 nitrogen and oxygen atoms in total. The monoisotopic (exact) mass is 254 g/mol. The lowest BCUT2D eigenvalue weighted by atomic mass is 9.89. The Labute approximate surface area is 112 Å². The highest BCUT2D eigenvalue weighted by molar-refractivity contribution is 5.85. The summed E-state index contributed by atoms with van der Waals surface area (Å²) in [6.45, 7) is 13.3. The molecule has 0 spiro atoms. The second-order valence-electron chi connectivity index (χ2n) is 6.38. The van der Waals surface area contributed by atoms with Crippen LogP contribution in [0.5, 0.6) is 0 Å². The molecule has 1 amide bonds. The lowest BCUT2D eigenvalue weighted by molar-refractivity contribution is -0.137. The third-order valence-corrected chi connectivity index (χ3v) is 4.16. The van der Waals surface area contributed by atoms with Gasteiger partial charge in [-0.3, -0.25) is 4.79 Å². The molecule has 1 fully saturated rings. The predicted molar refractivity (Wildman–Crippen MR) is 76.5 cm³/mol. The molecule has 1 N–H and O–H groups in total. The number of nitrogens with one attached hydrogen (secondary N) is 1. The number of carbonyl (C=O) groups is 1. The molecule has 1 unspecified atom stereocenters. The van der Waals surface area contributed by atoms with Gasteiger partial charge in [-0.1, -0.05) is 20.8 Å². The summed E-state index contributed by atoms with van der Waals surface area (Å²) in [4.78, 5) is 14.6. The number of amides is 1. The lowest BCUT2D eigenvalue weighted by Crippen LogP contribution is -2.54. The van der Waals surface area contributed by atoms with Gasteiger partial charge in [0.05, 0.1) is 5.54 Å². The van der Waals surface area contributed by atoms with Crippen molar-refractivity contribution >= 4 is 5.91 Å². The van der Waals surface area contributed by atoms with Gasteiger partial charge in [0.15, 0.2) is 0 Å². The Morgan fingerprint density at radius 2 is 2.00 bits per heavy atom. The average molecular weight is 254 g/mol. The molecule has 1 heterocycles. The summed E-state index contributed by atoms with van der Waals surface area (Å²) in [6.07, 6.45) is 3.57. The van der Waals surface area contributed by atoms with E-state index in [1.807, 2.05) is 20.8 Å². The van der Waals surface area contributed by atoms with Gasteiger partial charge in [-0.15, -0.1) is 0 Å². The van der Waals surface area contributed by atoms with Crippen LogP contribution in [0.25, 0.3) is 0 Å². The summed E-state index contributed by atoms with van der Waals surface area (Å²) >= 11 is 0. The van der Waals surface area contributed by atoms with Gasteiger partial charge in [-0.05, 0) is 51.5 Å². The second-order valence-corrected chi connectivity index (χ2v) is 6.38. The molecule has 0 bridgehead atoms. The molecule has 1 aliphatic rings. The maximum atomic E-state index is 12.5. The van der Waals surface area contributed by atoms with Gasteiger partial charge >= 0.3 is 0 Å². The van der Waals surface area contributed by atoms with Crippen LogP contribution in [0.1, 0.15) is 53.9 Å². The van der Waals surface area contributed by atoms with E-state index in [1.165, 1.54) is 6.42 Å². The van der Waals surface area contributed by atoms with Crippen LogP contribution < -0.4 is 5.32 Å². The zero-order valence-corrected chi connectivity index (χ0v) is 12.8. The number of carbonyl (C=O) groups excluding carboxylic acids is 1. The van der Waals surface area contributed by atoms with Gasteiger partial charge in [0, 0.05) is 13.1 Å². The highest BCUT2D eigenvalue weighted by Gasteiger charge is 2.32. The van der Waals surface area contributed by atoms with E-state index in [-0.39, 0.29) is 5.91 Å². The molecule has 0 radical (unpaired) electrons. The normalized spacial score (nSPS) is 22.1. The minimum Gasteiger partial charge on any atom is -0.341 e. The topological polar surface area (TPSA) is 32.3 Å². The van der Waals surface area contributed by atoms with Gasteiger partial charge in [0.2, 0.25) is 5.91 Å². The zero-order chi connectivity index (χ0) is 13.8. The highest BCUT2D eigenvalue weighted by atomic mass is 16.2. The Morgan fingerprint density at radius 3 is 2.56 bits per heavy atom. The first-order valence-corrected chi connectivity index (χ1v) is 7.43. The fourth-order valence-corrected chi connectivity index (χ4v) is 2.90. The van der Waals surface area contributed by atoms with Crippen molar-refractivity contribution in [2.24, 2.45) is 11.8 Å². The maximum Gasteiger partial charge on any atom is 0.242 e. The summed E-state index contributed by atoms with van der Waals surface area (Å²) in [7, 11) is 0. The Balaban J connectivity index is 2.60. The highest BCUT2D eigenvalue weighted by Crippen LogP contribution is 2.25. The van der Waals surface area contributed by atoms with E-state index < -0.39 is 5.54 Å². The Hall–Kier alpha value is -0.570. The molecule has 0 aromatic heterocycles. The van der Waals surface area contributed by atoms with E-state index in [4.69, 9.17) is 0 Å². The van der Waals surface area contributed by atoms with E-state index in [1.54, 1.807) is 0 Å². The molecule has 18 heavy (non-hydrogen) atoms. The first-order valence-electron chi connectivity index (χ1n) is 7.43. The number of likely N-dealkylation sites (N-methyl/N-ethyl adjacent to an activating group) is 1. The second kappa shape index (κ2) is 6.55. The lowest BCUT2D eigenvalue weighted by Gasteiger charge is -2.32. The van der Waals surface area contributed by atoms with Crippen molar-refractivity contribution in [3.8, 4) is 0 Å². The van der Waals surface area contributed by atoms with Crippen molar-refractivity contribution in [2.45, 2.75) is 59.4 Å². The van der Waals surface area contributed by atoms with Gasteiger partial charge < -0.3 is 10.2 Å². The third kappa shape index (κ3) is 3.98. The molecule has 106 valence electrons. The molecule has 0 aliphatic carbocycles. The third-order valence-electron chi connectivity index (χ3n) is 4.16. The van der Waals surface area contributed by atoms with Crippen LogP contribution in [0.4, 0.5) is 0 Å². The Morgan fingerprint density at radius 1 is 1.33 bits per heavy atom. The van der Waals surface area contributed by atoms with Gasteiger partial charge in [0.1, 0.15) is 0 Å². The molecular weight excluding hydrogens is 224 g/mol. The summed E-state index contributed by atoms with van der Waals surface area (Å²) in [5.74, 6) is 1.78. The number of hydrogen-bond acceptors (Lipinski definition) is 2. The SMILES string of the molecule is CCNC(C)(C)C(=O)N1CCCC(C(C)C)CC1. The molecule has 1 atom stereocenters. The summed E-state index contributed by atoms with van der Waals surface area (Å²) in [5, 5.41) is 3.28. The van der Waals surface area contributed by atoms with Crippen molar-refractivity contribution in [3.05, 3.63) is 0 Å². The molecule has 3 heteroatoms. The van der Waals surface area contributed by atoms with Crippen LogP contribution in [0.2, 0.25) is 0 Å². The average Bonchev–Trinajstić information content (AvgIpc) is 2.53. The predicted octanol–water partition coefficient (Wildman–Crippen LogP) is 2.66. The standard InChI is InChI=1S/C15H30N2O/c1-6-16-15(4,5)14(18)17-10-7-8-13(9-11-17)12(2)3/h12-13,16H,6-11H2,1-5H3. The molecular formula is C15H30N2O. The largest absolute Gasteiger partial charge is 0.341 e. The molecule has 1 rings (SSSR count).